The Morgan fingerprint density at radius 3 is 2.00 bits per heavy atom. The zero-order chi connectivity index (χ0) is 32.9. The van der Waals surface area contributed by atoms with Crippen LogP contribution in [0.3, 0.4) is 0 Å². The Morgan fingerprint density at radius 1 is 0.766 bits per heavy atom. The largest absolute Gasteiger partial charge is 0.478 e. The first-order valence-electron chi connectivity index (χ1n) is 18.6. The highest BCUT2D eigenvalue weighted by molar-refractivity contribution is 5.85. The summed E-state index contributed by atoms with van der Waals surface area (Å²) in [6.45, 7) is 2.25. The van der Waals surface area contributed by atoms with Crippen molar-refractivity contribution >= 4 is 18.0 Å². The molecule has 4 saturated carbocycles. The number of carbonyl (C=O) groups excluding carboxylic acids is 1. The van der Waals surface area contributed by atoms with E-state index in [4.69, 9.17) is 9.84 Å². The Morgan fingerprint density at radius 2 is 1.36 bits per heavy atom. The van der Waals surface area contributed by atoms with Crippen molar-refractivity contribution < 1.29 is 19.4 Å². The van der Waals surface area contributed by atoms with Crippen LogP contribution in [0, 0.1) is 17.8 Å². The van der Waals surface area contributed by atoms with Crippen molar-refractivity contribution in [2.24, 2.45) is 17.8 Å². The molecule has 252 valence electrons. The molecule has 4 bridgehead atoms. The fourth-order valence-corrected chi connectivity index (χ4v) is 8.86. The minimum Gasteiger partial charge on any atom is -0.478 e. The lowest BCUT2D eigenvalue weighted by atomic mass is 9.48. The second-order valence-corrected chi connectivity index (χ2v) is 14.7. The summed E-state index contributed by atoms with van der Waals surface area (Å²) in [6.07, 6.45) is 33.0. The van der Waals surface area contributed by atoms with Crippen LogP contribution < -0.4 is 4.74 Å². The van der Waals surface area contributed by atoms with Gasteiger partial charge >= 0.3 is 11.9 Å². The maximum atomic E-state index is 13.1. The molecule has 4 fully saturated rings. The van der Waals surface area contributed by atoms with Crippen LogP contribution in [-0.2, 0) is 15.0 Å². The van der Waals surface area contributed by atoms with E-state index in [0.717, 1.165) is 72.3 Å². The number of ether oxygens (including phenoxy) is 1. The second-order valence-electron chi connectivity index (χ2n) is 14.7. The van der Waals surface area contributed by atoms with Gasteiger partial charge in [-0.15, -0.1) is 0 Å². The maximum Gasteiger partial charge on any atom is 0.328 e. The normalized spacial score (nSPS) is 23.4. The second kappa shape index (κ2) is 17.7. The van der Waals surface area contributed by atoms with Crippen molar-refractivity contribution in [3.8, 4) is 16.9 Å². The van der Waals surface area contributed by atoms with Gasteiger partial charge in [-0.1, -0.05) is 93.7 Å². The van der Waals surface area contributed by atoms with E-state index in [0.29, 0.717) is 6.42 Å². The van der Waals surface area contributed by atoms with Gasteiger partial charge in [-0.25, -0.2) is 4.79 Å². The minimum atomic E-state index is -0.949. The molecule has 2 aromatic carbocycles. The number of carboxylic acid groups (broad SMARTS) is 1. The molecule has 0 heterocycles. The molecule has 47 heavy (non-hydrogen) atoms. The fourth-order valence-electron chi connectivity index (χ4n) is 8.86. The highest BCUT2D eigenvalue weighted by Gasteiger charge is 2.52. The summed E-state index contributed by atoms with van der Waals surface area (Å²) in [7, 11) is 0. The van der Waals surface area contributed by atoms with Crippen molar-refractivity contribution in [3.63, 3.8) is 0 Å². The van der Waals surface area contributed by atoms with Gasteiger partial charge in [-0.3, -0.25) is 4.79 Å². The van der Waals surface area contributed by atoms with E-state index >= 15 is 0 Å². The molecule has 0 spiro atoms. The third kappa shape index (κ3) is 10.3. The molecule has 0 aromatic heterocycles. The maximum absolute atomic E-state index is 13.1. The third-order valence-corrected chi connectivity index (χ3v) is 10.8. The summed E-state index contributed by atoms with van der Waals surface area (Å²) in [5.74, 6) is 2.09. The summed E-state index contributed by atoms with van der Waals surface area (Å²) in [5.41, 5.74) is 4.40. The third-order valence-electron chi connectivity index (χ3n) is 10.8. The molecule has 0 radical (unpaired) electrons. The number of carbonyl (C=O) groups is 2. The Bertz CT molecular complexity index is 1360. The first-order valence-corrected chi connectivity index (χ1v) is 18.6. The molecule has 6 rings (SSSR count). The zero-order valence-electron chi connectivity index (χ0n) is 28.6. The Labute approximate surface area is 283 Å². The Kier molecular flexibility index (Phi) is 13.1. The summed E-state index contributed by atoms with van der Waals surface area (Å²) >= 11 is 0. The van der Waals surface area contributed by atoms with Crippen molar-refractivity contribution in [1.29, 1.82) is 0 Å². The molecule has 4 heteroatoms. The SMILES string of the molecule is CCCCCC=CCC=CCCCCCCCC(=O)Oc1ccc(-c2ccc(C=CC(=O)O)cc2)cc1C12CC3CC(CC(C3)C1)C2. The quantitative estimate of drug-likeness (QED) is 0.0548. The molecule has 0 atom stereocenters. The molecule has 2 aromatic rings. The van der Waals surface area contributed by atoms with E-state index in [2.05, 4.69) is 55.5 Å². The van der Waals surface area contributed by atoms with Crippen molar-refractivity contribution in [2.45, 2.75) is 128 Å². The number of aliphatic carboxylic acids is 1. The monoisotopic (exact) mass is 636 g/mol. The van der Waals surface area contributed by atoms with Crippen LogP contribution in [0.15, 0.2) is 72.8 Å². The minimum absolute atomic E-state index is 0.101. The topological polar surface area (TPSA) is 63.6 Å². The number of benzene rings is 2. The van der Waals surface area contributed by atoms with Crippen molar-refractivity contribution in [1.82, 2.24) is 0 Å². The van der Waals surface area contributed by atoms with Gasteiger partial charge in [-0.2, -0.15) is 0 Å². The van der Waals surface area contributed by atoms with Gasteiger partial charge in [0.1, 0.15) is 5.75 Å². The van der Waals surface area contributed by atoms with Gasteiger partial charge < -0.3 is 9.84 Å². The first kappa shape index (κ1) is 34.9. The highest BCUT2D eigenvalue weighted by Crippen LogP contribution is 2.62. The number of carboxylic acids is 1. The Balaban J connectivity index is 1.13. The molecule has 0 unspecified atom stereocenters. The van der Waals surface area contributed by atoms with E-state index in [1.807, 2.05) is 18.2 Å². The van der Waals surface area contributed by atoms with Crippen LogP contribution in [-0.4, -0.2) is 17.0 Å². The number of hydrogen-bond acceptors (Lipinski definition) is 3. The lowest BCUT2D eigenvalue weighted by molar-refractivity contribution is -0.134. The number of rotatable bonds is 19. The average molecular weight is 637 g/mol. The number of esters is 1. The van der Waals surface area contributed by atoms with Crippen LogP contribution in [0.1, 0.15) is 134 Å². The van der Waals surface area contributed by atoms with Crippen LogP contribution in [0.4, 0.5) is 0 Å². The van der Waals surface area contributed by atoms with Crippen LogP contribution >= 0.6 is 0 Å². The average Bonchev–Trinajstić information content (AvgIpc) is 3.05. The smallest absolute Gasteiger partial charge is 0.328 e. The van der Waals surface area contributed by atoms with E-state index < -0.39 is 5.97 Å². The highest BCUT2D eigenvalue weighted by atomic mass is 16.5. The molecule has 4 aliphatic rings. The van der Waals surface area contributed by atoms with Gasteiger partial charge in [0, 0.05) is 18.1 Å². The van der Waals surface area contributed by atoms with Crippen LogP contribution in [0.5, 0.6) is 5.75 Å². The number of unbranched alkanes of at least 4 members (excludes halogenated alkanes) is 8. The van der Waals surface area contributed by atoms with E-state index in [9.17, 15) is 9.59 Å². The predicted octanol–water partition coefficient (Wildman–Crippen LogP) is 11.6. The van der Waals surface area contributed by atoms with E-state index in [1.165, 1.54) is 88.7 Å². The fraction of sp³-hybridized carbons (Fsp3) is 0.535. The lowest BCUT2D eigenvalue weighted by Crippen LogP contribution is -2.48. The van der Waals surface area contributed by atoms with Gasteiger partial charge in [0.2, 0.25) is 0 Å². The summed E-state index contributed by atoms with van der Waals surface area (Å²) < 4.78 is 6.20. The first-order chi connectivity index (χ1) is 22.9. The molecule has 1 N–H and O–H groups in total. The molecule has 0 amide bonds. The zero-order valence-corrected chi connectivity index (χ0v) is 28.6. The van der Waals surface area contributed by atoms with Gasteiger partial charge in [0.05, 0.1) is 0 Å². The lowest BCUT2D eigenvalue weighted by Gasteiger charge is -2.57. The molecular weight excluding hydrogens is 580 g/mol. The molecular formula is C43H56O4. The standard InChI is InChI=1S/C43H56O4/c1-2-3-4-5-6-7-8-9-10-11-12-13-14-15-16-17-42(46)47-40-24-23-38(37-21-18-33(19-22-37)20-25-41(44)45)29-39(40)43-30-34-26-35(31-43)28-36(27-34)32-43/h6-7,9-10,18-25,29,34-36H,2-5,8,11-17,26-28,30-32H2,1H3,(H,44,45). The van der Waals surface area contributed by atoms with Gasteiger partial charge in [0.15, 0.2) is 0 Å². The molecule has 4 aliphatic carbocycles. The summed E-state index contributed by atoms with van der Waals surface area (Å²) in [4.78, 5) is 24.1. The Hall–Kier alpha value is -3.40. The van der Waals surface area contributed by atoms with E-state index in [-0.39, 0.29) is 11.4 Å². The molecule has 0 aliphatic heterocycles. The van der Waals surface area contributed by atoms with Crippen molar-refractivity contribution in [3.05, 3.63) is 84.0 Å². The predicted molar refractivity (Wildman–Crippen MR) is 193 cm³/mol. The van der Waals surface area contributed by atoms with Crippen LogP contribution in [0.2, 0.25) is 0 Å². The van der Waals surface area contributed by atoms with Crippen molar-refractivity contribution in [2.75, 3.05) is 0 Å². The summed E-state index contributed by atoms with van der Waals surface area (Å²) in [5, 5.41) is 8.97. The van der Waals surface area contributed by atoms with Gasteiger partial charge in [0.25, 0.3) is 0 Å². The molecule has 4 nitrogen and oxygen atoms in total. The number of hydrogen-bond donors (Lipinski definition) is 1. The van der Waals surface area contributed by atoms with Crippen LogP contribution in [0.25, 0.3) is 17.2 Å². The summed E-state index contributed by atoms with van der Waals surface area (Å²) in [6, 6.07) is 14.4. The molecule has 0 saturated heterocycles. The van der Waals surface area contributed by atoms with Gasteiger partial charge in [-0.05, 0) is 135 Å². The number of allylic oxidation sites excluding steroid dienone is 4. The van der Waals surface area contributed by atoms with E-state index in [1.54, 1.807) is 6.08 Å².